The summed E-state index contributed by atoms with van der Waals surface area (Å²) in [5.41, 5.74) is 1.03. The summed E-state index contributed by atoms with van der Waals surface area (Å²) in [7, 11) is 1.66. The highest BCUT2D eigenvalue weighted by Gasteiger charge is 2.51. The molecule has 4 saturated carbocycles. The van der Waals surface area contributed by atoms with E-state index in [1.807, 2.05) is 24.3 Å². The molecule has 7 rings (SSSR count). The van der Waals surface area contributed by atoms with Gasteiger partial charge in [-0.15, -0.1) is 10.2 Å². The first-order chi connectivity index (χ1) is 16.6. The number of aromatic nitrogens is 3. The van der Waals surface area contributed by atoms with E-state index >= 15 is 0 Å². The molecule has 5 fully saturated rings. The maximum Gasteiger partial charge on any atom is 0.230 e. The van der Waals surface area contributed by atoms with Crippen LogP contribution in [0.15, 0.2) is 29.4 Å². The molecule has 1 aliphatic heterocycles. The monoisotopic (exact) mass is 482 g/mol. The standard InChI is InChI=1S/C26H34N4O3S/c1-32-21-6-4-20(5-7-21)24-28-29-25(30(24)15-22-3-2-8-33-22)34-16-23(31)27-26-12-17-9-18(13-26)11-19(10-17)14-26/h4-7,17-19,22H,2-3,8-16H2,1H3,(H,27,31)/t17?,18?,19?,22-,26?/m1/s1. The van der Waals surface area contributed by atoms with Gasteiger partial charge < -0.3 is 14.8 Å². The maximum absolute atomic E-state index is 13.1. The Morgan fingerprint density at radius 1 is 1.15 bits per heavy atom. The molecule has 5 aliphatic rings. The van der Waals surface area contributed by atoms with E-state index in [1.165, 1.54) is 50.3 Å². The fraction of sp³-hybridized carbons (Fsp3) is 0.654. The molecule has 4 aliphatic carbocycles. The zero-order valence-corrected chi connectivity index (χ0v) is 20.7. The quantitative estimate of drug-likeness (QED) is 0.565. The Hall–Kier alpha value is -2.06. The van der Waals surface area contributed by atoms with Gasteiger partial charge in [-0.1, -0.05) is 11.8 Å². The molecule has 1 atom stereocenters. The summed E-state index contributed by atoms with van der Waals surface area (Å²) in [5, 5.41) is 13.3. The molecule has 4 bridgehead atoms. The van der Waals surface area contributed by atoms with Crippen molar-refractivity contribution >= 4 is 17.7 Å². The van der Waals surface area contributed by atoms with Crippen molar-refractivity contribution in [3.05, 3.63) is 24.3 Å². The van der Waals surface area contributed by atoms with Crippen LogP contribution in [0.1, 0.15) is 51.4 Å². The predicted molar refractivity (Wildman–Crippen MR) is 131 cm³/mol. The van der Waals surface area contributed by atoms with Gasteiger partial charge in [-0.25, -0.2) is 0 Å². The Kier molecular flexibility index (Phi) is 6.06. The van der Waals surface area contributed by atoms with Crippen molar-refractivity contribution in [1.82, 2.24) is 20.1 Å². The molecule has 7 nitrogen and oxygen atoms in total. The fourth-order valence-corrected chi connectivity index (χ4v) is 7.98. The van der Waals surface area contributed by atoms with Crippen molar-refractivity contribution in [3.63, 3.8) is 0 Å². The van der Waals surface area contributed by atoms with Crippen molar-refractivity contribution in [2.24, 2.45) is 17.8 Å². The van der Waals surface area contributed by atoms with Crippen LogP contribution in [0, 0.1) is 17.8 Å². The zero-order chi connectivity index (χ0) is 23.1. The van der Waals surface area contributed by atoms with Crippen LogP contribution >= 0.6 is 11.8 Å². The van der Waals surface area contributed by atoms with Gasteiger partial charge in [-0.2, -0.15) is 0 Å². The van der Waals surface area contributed by atoms with Gasteiger partial charge >= 0.3 is 0 Å². The summed E-state index contributed by atoms with van der Waals surface area (Å²) >= 11 is 1.49. The zero-order valence-electron chi connectivity index (χ0n) is 19.9. The largest absolute Gasteiger partial charge is 0.497 e. The summed E-state index contributed by atoms with van der Waals surface area (Å²) in [4.78, 5) is 13.1. The van der Waals surface area contributed by atoms with E-state index in [1.54, 1.807) is 7.11 Å². The second-order valence-corrected chi connectivity index (χ2v) is 11.8. The lowest BCUT2D eigenvalue weighted by molar-refractivity contribution is -0.124. The van der Waals surface area contributed by atoms with Gasteiger partial charge in [-0.05, 0) is 93.4 Å². The molecule has 1 amide bonds. The Morgan fingerprint density at radius 2 is 1.85 bits per heavy atom. The van der Waals surface area contributed by atoms with Crippen LogP contribution in [-0.4, -0.2) is 51.8 Å². The van der Waals surface area contributed by atoms with Crippen LogP contribution < -0.4 is 10.1 Å². The molecular formula is C26H34N4O3S. The van der Waals surface area contributed by atoms with Gasteiger partial charge in [0.05, 0.1) is 25.5 Å². The highest BCUT2D eigenvalue weighted by atomic mass is 32.2. The molecule has 2 heterocycles. The molecule has 1 aromatic carbocycles. The number of carbonyl (C=O) groups is 1. The molecule has 1 aromatic heterocycles. The summed E-state index contributed by atoms with van der Waals surface area (Å²) in [6.07, 6.45) is 9.94. The number of methoxy groups -OCH3 is 1. The van der Waals surface area contributed by atoms with E-state index in [9.17, 15) is 4.79 Å². The van der Waals surface area contributed by atoms with Gasteiger partial charge in [0.15, 0.2) is 11.0 Å². The minimum Gasteiger partial charge on any atom is -0.497 e. The molecule has 0 spiro atoms. The van der Waals surface area contributed by atoms with Crippen LogP contribution in [0.4, 0.5) is 0 Å². The van der Waals surface area contributed by atoms with Gasteiger partial charge in [0.1, 0.15) is 5.75 Å². The minimum absolute atomic E-state index is 0.0476. The third-order valence-electron chi connectivity index (χ3n) is 8.25. The number of nitrogens with zero attached hydrogens (tertiary/aromatic N) is 3. The number of thioether (sulfide) groups is 1. The summed E-state index contributed by atoms with van der Waals surface area (Å²) < 4.78 is 13.3. The minimum atomic E-state index is 0.0476. The molecule has 0 radical (unpaired) electrons. The van der Waals surface area contributed by atoms with Crippen molar-refractivity contribution in [1.29, 1.82) is 0 Å². The number of rotatable bonds is 8. The maximum atomic E-state index is 13.1. The second kappa shape index (κ2) is 9.19. The first-order valence-corrected chi connectivity index (χ1v) is 13.7. The number of benzene rings is 1. The molecule has 2 aromatic rings. The smallest absolute Gasteiger partial charge is 0.230 e. The van der Waals surface area contributed by atoms with E-state index < -0.39 is 0 Å². The predicted octanol–water partition coefficient (Wildman–Crippen LogP) is 4.31. The Labute approximate surface area is 205 Å². The molecule has 8 heteroatoms. The number of hydrogen-bond acceptors (Lipinski definition) is 6. The van der Waals surface area contributed by atoms with E-state index in [4.69, 9.17) is 9.47 Å². The lowest BCUT2D eigenvalue weighted by atomic mass is 9.53. The summed E-state index contributed by atoms with van der Waals surface area (Å²) in [5.74, 6) is 4.58. The highest BCUT2D eigenvalue weighted by molar-refractivity contribution is 7.99. The van der Waals surface area contributed by atoms with Crippen LogP contribution in [-0.2, 0) is 16.1 Å². The molecule has 34 heavy (non-hydrogen) atoms. The van der Waals surface area contributed by atoms with E-state index in [2.05, 4.69) is 20.1 Å². The van der Waals surface area contributed by atoms with Crippen molar-refractivity contribution in [3.8, 4) is 17.1 Å². The van der Waals surface area contributed by atoms with Gasteiger partial charge in [0, 0.05) is 17.7 Å². The number of carbonyl (C=O) groups excluding carboxylic acids is 1. The van der Waals surface area contributed by atoms with Gasteiger partial charge in [0.25, 0.3) is 0 Å². The van der Waals surface area contributed by atoms with Crippen LogP contribution in [0.3, 0.4) is 0 Å². The average Bonchev–Trinajstić information content (AvgIpc) is 3.47. The van der Waals surface area contributed by atoms with Crippen molar-refractivity contribution in [2.75, 3.05) is 19.5 Å². The average molecular weight is 483 g/mol. The summed E-state index contributed by atoms with van der Waals surface area (Å²) in [6, 6.07) is 7.88. The van der Waals surface area contributed by atoms with Crippen molar-refractivity contribution < 1.29 is 14.3 Å². The third-order valence-corrected chi connectivity index (χ3v) is 9.22. The van der Waals surface area contributed by atoms with E-state index in [0.717, 1.165) is 59.5 Å². The Bertz CT molecular complexity index is 996. The normalized spacial score (nSPS) is 31.7. The fourth-order valence-electron chi connectivity index (χ4n) is 7.23. The van der Waals surface area contributed by atoms with Crippen LogP contribution in [0.2, 0.25) is 0 Å². The Morgan fingerprint density at radius 3 is 2.47 bits per heavy atom. The number of amides is 1. The first-order valence-electron chi connectivity index (χ1n) is 12.7. The van der Waals surface area contributed by atoms with Gasteiger partial charge in [-0.3, -0.25) is 9.36 Å². The SMILES string of the molecule is COc1ccc(-c2nnc(SCC(=O)NC34CC5CC(CC(C5)C3)C4)n2C[C@H]2CCCO2)cc1. The molecule has 1 saturated heterocycles. The number of hydrogen-bond donors (Lipinski definition) is 1. The topological polar surface area (TPSA) is 78.3 Å². The molecule has 1 N–H and O–H groups in total. The van der Waals surface area contributed by atoms with Crippen LogP contribution in [0.5, 0.6) is 5.75 Å². The highest BCUT2D eigenvalue weighted by Crippen LogP contribution is 2.55. The van der Waals surface area contributed by atoms with E-state index in [-0.39, 0.29) is 17.6 Å². The third kappa shape index (κ3) is 4.47. The lowest BCUT2D eigenvalue weighted by Crippen LogP contribution is -2.60. The van der Waals surface area contributed by atoms with Gasteiger partial charge in [0.2, 0.25) is 5.91 Å². The summed E-state index contributed by atoms with van der Waals surface area (Å²) in [6.45, 7) is 1.51. The molecule has 182 valence electrons. The lowest BCUT2D eigenvalue weighted by Gasteiger charge is -2.56. The second-order valence-electron chi connectivity index (χ2n) is 10.8. The molecular weight excluding hydrogens is 448 g/mol. The molecule has 0 unspecified atom stereocenters. The van der Waals surface area contributed by atoms with Crippen LogP contribution in [0.25, 0.3) is 11.4 Å². The Balaban J connectivity index is 1.16. The van der Waals surface area contributed by atoms with Crippen molar-refractivity contribution in [2.45, 2.75) is 74.7 Å². The number of nitrogens with one attached hydrogen (secondary N) is 1. The van der Waals surface area contributed by atoms with E-state index in [0.29, 0.717) is 12.3 Å². The first kappa shape index (κ1) is 22.4. The number of ether oxygens (including phenoxy) is 2.